The fourth-order valence-electron chi connectivity index (χ4n) is 3.48. The quantitative estimate of drug-likeness (QED) is 0.525. The molecule has 1 aromatic carbocycles. The number of nitrogens with zero attached hydrogens (tertiary/aromatic N) is 2. The number of halogens is 1. The van der Waals surface area contributed by atoms with Crippen LogP contribution < -0.4 is 14.2 Å². The number of amides is 1. The van der Waals surface area contributed by atoms with Crippen molar-refractivity contribution in [3.63, 3.8) is 0 Å². The van der Waals surface area contributed by atoms with E-state index in [4.69, 9.17) is 18.9 Å². The van der Waals surface area contributed by atoms with E-state index in [0.29, 0.717) is 42.9 Å². The molecule has 0 radical (unpaired) electrons. The van der Waals surface area contributed by atoms with Crippen LogP contribution in [0.3, 0.4) is 0 Å². The van der Waals surface area contributed by atoms with Crippen molar-refractivity contribution >= 4 is 18.5 Å². The average Bonchev–Trinajstić information content (AvgIpc) is 2.74. The molecule has 1 amide bonds. The minimum atomic E-state index is -0.227. The van der Waals surface area contributed by atoms with Gasteiger partial charge in [0.25, 0.3) is 0 Å². The molecule has 1 fully saturated rings. The van der Waals surface area contributed by atoms with Crippen LogP contribution in [0, 0.1) is 0 Å². The zero-order valence-corrected chi connectivity index (χ0v) is 18.8. The van der Waals surface area contributed by atoms with Gasteiger partial charge < -0.3 is 23.8 Å². The Hall–Kier alpha value is -1.86. The molecule has 1 aromatic rings. The Morgan fingerprint density at radius 3 is 2.24 bits per heavy atom. The van der Waals surface area contributed by atoms with E-state index in [2.05, 4.69) is 18.7 Å². The van der Waals surface area contributed by atoms with Gasteiger partial charge in [0, 0.05) is 44.7 Å². The van der Waals surface area contributed by atoms with Crippen molar-refractivity contribution < 1.29 is 23.7 Å². The van der Waals surface area contributed by atoms with Gasteiger partial charge in [-0.05, 0) is 25.0 Å². The number of benzene rings is 1. The molecule has 0 N–H and O–H groups in total. The van der Waals surface area contributed by atoms with Crippen molar-refractivity contribution in [1.82, 2.24) is 9.80 Å². The van der Waals surface area contributed by atoms with E-state index < -0.39 is 0 Å². The van der Waals surface area contributed by atoms with Crippen LogP contribution in [0.5, 0.6) is 17.2 Å². The van der Waals surface area contributed by atoms with Crippen LogP contribution in [0.2, 0.25) is 0 Å². The molecule has 2 rings (SSSR count). The van der Waals surface area contributed by atoms with Crippen LogP contribution in [0.4, 0.5) is 4.79 Å². The molecule has 0 aliphatic carbocycles. The summed E-state index contributed by atoms with van der Waals surface area (Å²) in [5.74, 6) is 1.98. The second-order valence-electron chi connectivity index (χ2n) is 6.83. The molecule has 1 saturated heterocycles. The molecule has 166 valence electrons. The molecule has 8 heteroatoms. The van der Waals surface area contributed by atoms with Gasteiger partial charge in [-0.1, -0.05) is 13.8 Å². The Balaban J connectivity index is 0.00000420. The third kappa shape index (κ3) is 7.48. The summed E-state index contributed by atoms with van der Waals surface area (Å²) >= 11 is 0. The number of hydrogen-bond donors (Lipinski definition) is 0. The number of piperazine rings is 1. The SMILES string of the molecule is CCC(CC)N1CCN(C(=O)OCCCOc2ccc(OC)c(OC)c2)CC1.Cl. The van der Waals surface area contributed by atoms with Crippen LogP contribution >= 0.6 is 12.4 Å². The van der Waals surface area contributed by atoms with Gasteiger partial charge in [0.1, 0.15) is 5.75 Å². The molecule has 7 nitrogen and oxygen atoms in total. The van der Waals surface area contributed by atoms with Gasteiger partial charge >= 0.3 is 6.09 Å². The van der Waals surface area contributed by atoms with Gasteiger partial charge in [-0.15, -0.1) is 12.4 Å². The Morgan fingerprint density at radius 1 is 1.00 bits per heavy atom. The number of rotatable bonds is 10. The van der Waals surface area contributed by atoms with Gasteiger partial charge in [0.05, 0.1) is 27.4 Å². The molecule has 0 bridgehead atoms. The first kappa shape index (κ1) is 25.2. The maximum atomic E-state index is 12.2. The Bertz CT molecular complexity index is 605. The number of carbonyl (C=O) groups excluding carboxylic acids is 1. The van der Waals surface area contributed by atoms with Crippen molar-refractivity contribution in [1.29, 1.82) is 0 Å². The van der Waals surface area contributed by atoms with Crippen molar-refractivity contribution in [2.24, 2.45) is 0 Å². The average molecular weight is 431 g/mol. The highest BCUT2D eigenvalue weighted by molar-refractivity contribution is 5.85. The molecule has 0 spiro atoms. The number of methoxy groups -OCH3 is 2. The largest absolute Gasteiger partial charge is 0.493 e. The van der Waals surface area contributed by atoms with Gasteiger partial charge in [-0.2, -0.15) is 0 Å². The highest BCUT2D eigenvalue weighted by Crippen LogP contribution is 2.30. The van der Waals surface area contributed by atoms with Crippen molar-refractivity contribution in [2.75, 3.05) is 53.6 Å². The van der Waals surface area contributed by atoms with Crippen LogP contribution in [0.25, 0.3) is 0 Å². The van der Waals surface area contributed by atoms with Crippen molar-refractivity contribution in [3.05, 3.63) is 18.2 Å². The fraction of sp³-hybridized carbons (Fsp3) is 0.667. The summed E-state index contributed by atoms with van der Waals surface area (Å²) in [5, 5.41) is 0. The molecule has 1 aliphatic heterocycles. The van der Waals surface area contributed by atoms with Gasteiger partial charge in [-0.3, -0.25) is 4.90 Å². The fourth-order valence-corrected chi connectivity index (χ4v) is 3.48. The third-order valence-electron chi connectivity index (χ3n) is 5.17. The summed E-state index contributed by atoms with van der Waals surface area (Å²) in [6, 6.07) is 6.03. The number of hydrogen-bond acceptors (Lipinski definition) is 6. The lowest BCUT2D eigenvalue weighted by Gasteiger charge is -2.38. The summed E-state index contributed by atoms with van der Waals surface area (Å²) in [6.07, 6.45) is 2.71. The predicted octanol–water partition coefficient (Wildman–Crippen LogP) is 3.84. The van der Waals surface area contributed by atoms with E-state index in [9.17, 15) is 4.79 Å². The minimum Gasteiger partial charge on any atom is -0.493 e. The Labute approximate surface area is 180 Å². The lowest BCUT2D eigenvalue weighted by Crippen LogP contribution is -2.51. The molecule has 0 unspecified atom stereocenters. The molecular weight excluding hydrogens is 396 g/mol. The van der Waals surface area contributed by atoms with Gasteiger partial charge in [0.15, 0.2) is 11.5 Å². The molecule has 0 aromatic heterocycles. The summed E-state index contributed by atoms with van der Waals surface area (Å²) in [4.78, 5) is 16.5. The maximum absolute atomic E-state index is 12.2. The predicted molar refractivity (Wildman–Crippen MR) is 116 cm³/mol. The van der Waals surface area contributed by atoms with E-state index in [0.717, 1.165) is 39.0 Å². The van der Waals surface area contributed by atoms with Gasteiger partial charge in [0.2, 0.25) is 0 Å². The zero-order valence-electron chi connectivity index (χ0n) is 18.0. The second kappa shape index (κ2) is 13.4. The minimum absolute atomic E-state index is 0. The molecule has 0 saturated carbocycles. The monoisotopic (exact) mass is 430 g/mol. The lowest BCUT2D eigenvalue weighted by molar-refractivity contribution is 0.0596. The molecule has 1 aliphatic rings. The normalized spacial score (nSPS) is 14.3. The van der Waals surface area contributed by atoms with Crippen LogP contribution in [-0.4, -0.2) is 75.5 Å². The van der Waals surface area contributed by atoms with Crippen molar-refractivity contribution in [2.45, 2.75) is 39.2 Å². The molecular formula is C21H35ClN2O5. The maximum Gasteiger partial charge on any atom is 0.409 e. The first-order chi connectivity index (χ1) is 13.6. The number of ether oxygens (including phenoxy) is 4. The smallest absolute Gasteiger partial charge is 0.409 e. The highest BCUT2D eigenvalue weighted by Gasteiger charge is 2.25. The van der Waals surface area contributed by atoms with Gasteiger partial charge in [-0.25, -0.2) is 4.79 Å². The third-order valence-corrected chi connectivity index (χ3v) is 5.17. The Kier molecular flexibility index (Phi) is 11.6. The standard InChI is InChI=1S/C21H34N2O5.ClH/c1-5-17(6-2)22-10-12-23(13-11-22)21(24)28-15-7-14-27-18-8-9-19(25-3)20(16-18)26-4;/h8-9,16-17H,5-7,10-15H2,1-4H3;1H. The van der Waals surface area contributed by atoms with E-state index >= 15 is 0 Å². The first-order valence-electron chi connectivity index (χ1n) is 10.1. The zero-order chi connectivity index (χ0) is 20.4. The Morgan fingerprint density at radius 2 is 1.66 bits per heavy atom. The van der Waals surface area contributed by atoms with E-state index in [1.54, 1.807) is 31.3 Å². The molecule has 0 atom stereocenters. The topological polar surface area (TPSA) is 60.5 Å². The molecule has 1 heterocycles. The second-order valence-corrected chi connectivity index (χ2v) is 6.83. The highest BCUT2D eigenvalue weighted by atomic mass is 35.5. The van der Waals surface area contributed by atoms with Crippen molar-refractivity contribution in [3.8, 4) is 17.2 Å². The summed E-state index contributed by atoms with van der Waals surface area (Å²) in [5.41, 5.74) is 0. The summed E-state index contributed by atoms with van der Waals surface area (Å²) in [7, 11) is 3.18. The van der Waals surface area contributed by atoms with Crippen LogP contribution in [0.15, 0.2) is 18.2 Å². The summed E-state index contributed by atoms with van der Waals surface area (Å²) < 4.78 is 21.5. The van der Waals surface area contributed by atoms with Crippen LogP contribution in [0.1, 0.15) is 33.1 Å². The van der Waals surface area contributed by atoms with E-state index in [-0.39, 0.29) is 18.5 Å². The summed E-state index contributed by atoms with van der Waals surface area (Å²) in [6.45, 7) is 8.56. The van der Waals surface area contributed by atoms with Crippen LogP contribution in [-0.2, 0) is 4.74 Å². The van der Waals surface area contributed by atoms with E-state index in [1.807, 2.05) is 6.07 Å². The first-order valence-corrected chi connectivity index (χ1v) is 10.1. The van der Waals surface area contributed by atoms with E-state index in [1.165, 1.54) is 0 Å². The molecule has 29 heavy (non-hydrogen) atoms. The number of carbonyl (C=O) groups is 1. The lowest BCUT2D eigenvalue weighted by atomic mass is 10.1.